The van der Waals surface area contributed by atoms with Crippen LogP contribution in [0, 0.1) is 5.92 Å². The monoisotopic (exact) mass is 673 g/mol. The van der Waals surface area contributed by atoms with E-state index in [0.29, 0.717) is 50.6 Å². The molecule has 0 radical (unpaired) electrons. The van der Waals surface area contributed by atoms with Gasteiger partial charge in [0.05, 0.1) is 18.6 Å². The number of para-hydroxylation sites is 1. The van der Waals surface area contributed by atoms with Crippen molar-refractivity contribution in [1.82, 2.24) is 20.5 Å². The lowest BCUT2D eigenvalue weighted by molar-refractivity contribution is -0.149. The highest BCUT2D eigenvalue weighted by Gasteiger charge is 2.35. The summed E-state index contributed by atoms with van der Waals surface area (Å²) < 4.78 is 5.75. The zero-order chi connectivity index (χ0) is 35.5. The van der Waals surface area contributed by atoms with Gasteiger partial charge in [-0.3, -0.25) is 19.2 Å². The van der Waals surface area contributed by atoms with Gasteiger partial charge in [-0.25, -0.2) is 0 Å². The van der Waals surface area contributed by atoms with Crippen LogP contribution >= 0.6 is 0 Å². The summed E-state index contributed by atoms with van der Waals surface area (Å²) in [6, 6.07) is 11.3. The van der Waals surface area contributed by atoms with Crippen LogP contribution in [-0.2, 0) is 30.3 Å². The predicted octanol–water partition coefficient (Wildman–Crippen LogP) is 4.80. The van der Waals surface area contributed by atoms with Gasteiger partial charge >= 0.3 is 5.97 Å². The van der Waals surface area contributed by atoms with Crippen LogP contribution in [0.4, 0.5) is 0 Å². The summed E-state index contributed by atoms with van der Waals surface area (Å²) in [5.41, 5.74) is 9.12. The Labute approximate surface area is 288 Å². The second kappa shape index (κ2) is 17.7. The van der Waals surface area contributed by atoms with E-state index >= 15 is 0 Å². The number of hydrogen-bond acceptors (Lipinski definition) is 7. The lowest BCUT2D eigenvalue weighted by atomic mass is 9.98. The molecule has 3 amide bonds. The summed E-state index contributed by atoms with van der Waals surface area (Å²) >= 11 is 0. The number of phenolic OH excluding ortho intramolecular Hbond substituents is 1. The highest BCUT2D eigenvalue weighted by atomic mass is 16.5. The molecule has 49 heavy (non-hydrogen) atoms. The van der Waals surface area contributed by atoms with Crippen LogP contribution in [0.15, 0.2) is 66.4 Å². The number of unbranched alkanes of at least 4 members (excludes halogenated alkanes) is 1. The number of allylic oxidation sites excluding steroid dienone is 2. The summed E-state index contributed by atoms with van der Waals surface area (Å²) in [6.45, 7) is 6.09. The number of hydrogen-bond donors (Lipinski definition) is 5. The normalized spacial score (nSPS) is 25.0. The number of aromatic nitrogens is 1. The SMILES string of the molecule is C/C1=C/CC[C@H](C)OC(=O)C[C@H](c2ccc(O)cc2)NC(=O)[C@@H](Cc2c[nH]c3ccccc23)N(C)C(=O)[C@H](CCCCN)NC(=O)[C@@H](C)C1. The molecular formula is C38H51N5O6. The standard InChI is InChI=1S/C38H51N5O6/c1-24-10-9-11-26(3)49-35(45)22-33(27-15-17-29(44)18-16-27)42-37(47)34(21-28-23-40-31-13-6-5-12-30(28)31)43(4)38(48)32(14-7-8-19-39)41-36(46)25(2)20-24/h5-6,10,12-13,15-18,23,25-26,32-34,40,44H,7-9,11,14,19-22,39H2,1-4H3,(H,41,46)(H,42,47)/b24-10-/t25-,26-,32-,33+,34+/m0/s1. The van der Waals surface area contributed by atoms with Crippen molar-refractivity contribution in [3.05, 3.63) is 77.5 Å². The van der Waals surface area contributed by atoms with Gasteiger partial charge in [0, 0.05) is 36.5 Å². The smallest absolute Gasteiger partial charge is 0.308 e. The van der Waals surface area contributed by atoms with Gasteiger partial charge in [-0.2, -0.15) is 0 Å². The number of fused-ring (bicyclic) bond motifs is 1. The van der Waals surface area contributed by atoms with Gasteiger partial charge in [0.25, 0.3) is 0 Å². The van der Waals surface area contributed by atoms with E-state index in [4.69, 9.17) is 10.5 Å². The van der Waals surface area contributed by atoms with Gasteiger partial charge in [-0.05, 0) is 88.2 Å². The molecule has 0 saturated heterocycles. The fraction of sp³-hybridized carbons (Fsp3) is 0.474. The Balaban J connectivity index is 1.75. The zero-order valence-electron chi connectivity index (χ0n) is 29.0. The van der Waals surface area contributed by atoms with E-state index in [-0.39, 0.29) is 36.5 Å². The average Bonchev–Trinajstić information content (AvgIpc) is 3.48. The number of carbonyl (C=O) groups excluding carboxylic acids is 4. The van der Waals surface area contributed by atoms with Gasteiger partial charge in [0.1, 0.15) is 17.8 Å². The Bertz CT molecular complexity index is 1620. The maximum Gasteiger partial charge on any atom is 0.308 e. The molecular weight excluding hydrogens is 622 g/mol. The highest BCUT2D eigenvalue weighted by molar-refractivity contribution is 5.93. The summed E-state index contributed by atoms with van der Waals surface area (Å²) in [5.74, 6) is -1.93. The Morgan fingerprint density at radius 2 is 1.69 bits per heavy atom. The molecule has 5 atom stereocenters. The molecule has 3 aromatic rings. The molecule has 0 spiro atoms. The molecule has 0 bridgehead atoms. The number of esters is 1. The first-order valence-electron chi connectivity index (χ1n) is 17.2. The molecule has 2 aromatic carbocycles. The number of ether oxygens (including phenoxy) is 1. The molecule has 0 fully saturated rings. The molecule has 11 heteroatoms. The van der Waals surface area contributed by atoms with Gasteiger partial charge in [0.15, 0.2) is 0 Å². The van der Waals surface area contributed by atoms with Crippen molar-refractivity contribution < 1.29 is 29.0 Å². The fourth-order valence-corrected chi connectivity index (χ4v) is 6.33. The number of phenols is 1. The topological polar surface area (TPSA) is 167 Å². The minimum absolute atomic E-state index is 0.0466. The summed E-state index contributed by atoms with van der Waals surface area (Å²) in [5, 5.41) is 16.9. The van der Waals surface area contributed by atoms with Crippen LogP contribution in [-0.4, -0.2) is 70.5 Å². The third-order valence-electron chi connectivity index (χ3n) is 9.22. The van der Waals surface area contributed by atoms with Crippen LogP contribution < -0.4 is 16.4 Å². The maximum atomic E-state index is 14.4. The van der Waals surface area contributed by atoms with Crippen molar-refractivity contribution in [2.45, 2.75) is 96.4 Å². The summed E-state index contributed by atoms with van der Waals surface area (Å²) in [4.78, 5) is 60.0. The molecule has 0 saturated carbocycles. The molecule has 0 aliphatic carbocycles. The Hall–Kier alpha value is -4.64. The van der Waals surface area contributed by atoms with Gasteiger partial charge in [0.2, 0.25) is 17.7 Å². The number of cyclic esters (lactones) is 1. The summed E-state index contributed by atoms with van der Waals surface area (Å²) in [6.07, 6.45) is 6.97. The number of amides is 3. The Kier molecular flexibility index (Phi) is 13.4. The predicted molar refractivity (Wildman–Crippen MR) is 189 cm³/mol. The number of nitrogens with two attached hydrogens (primary N) is 1. The van der Waals surface area contributed by atoms with Crippen molar-refractivity contribution in [2.24, 2.45) is 11.7 Å². The van der Waals surface area contributed by atoms with Crippen LogP contribution in [0.5, 0.6) is 5.75 Å². The van der Waals surface area contributed by atoms with Crippen molar-refractivity contribution in [3.63, 3.8) is 0 Å². The lowest BCUT2D eigenvalue weighted by Gasteiger charge is -2.32. The van der Waals surface area contributed by atoms with Crippen molar-refractivity contribution in [1.29, 1.82) is 0 Å². The van der Waals surface area contributed by atoms with E-state index in [1.54, 1.807) is 19.2 Å². The minimum Gasteiger partial charge on any atom is -0.508 e. The first-order chi connectivity index (χ1) is 23.5. The van der Waals surface area contributed by atoms with Gasteiger partial charge < -0.3 is 36.1 Å². The number of nitrogens with zero attached hydrogens (tertiary/aromatic N) is 1. The molecule has 11 nitrogen and oxygen atoms in total. The molecule has 1 aliphatic rings. The number of nitrogens with one attached hydrogen (secondary N) is 3. The number of aromatic amines is 1. The van der Waals surface area contributed by atoms with Gasteiger partial charge in [-0.15, -0.1) is 0 Å². The first-order valence-corrected chi connectivity index (χ1v) is 17.2. The van der Waals surface area contributed by atoms with E-state index < -0.39 is 35.9 Å². The molecule has 1 aromatic heterocycles. The molecule has 264 valence electrons. The first kappa shape index (κ1) is 37.2. The fourth-order valence-electron chi connectivity index (χ4n) is 6.33. The van der Waals surface area contributed by atoms with E-state index in [9.17, 15) is 24.3 Å². The van der Waals surface area contributed by atoms with Crippen molar-refractivity contribution in [2.75, 3.05) is 13.6 Å². The zero-order valence-corrected chi connectivity index (χ0v) is 29.0. The van der Waals surface area contributed by atoms with E-state index in [1.807, 2.05) is 51.2 Å². The van der Waals surface area contributed by atoms with E-state index in [2.05, 4.69) is 21.7 Å². The molecule has 4 rings (SSSR count). The van der Waals surface area contributed by atoms with Gasteiger partial charge in [-0.1, -0.05) is 48.9 Å². The van der Waals surface area contributed by atoms with Crippen molar-refractivity contribution in [3.8, 4) is 5.75 Å². The third kappa shape index (κ3) is 10.4. The quantitative estimate of drug-likeness (QED) is 0.136. The van der Waals surface area contributed by atoms with E-state index in [1.165, 1.54) is 17.0 Å². The van der Waals surface area contributed by atoms with Crippen LogP contribution in [0.3, 0.4) is 0 Å². The number of rotatable bonds is 7. The lowest BCUT2D eigenvalue weighted by Crippen LogP contribution is -2.56. The molecule has 2 heterocycles. The number of likely N-dealkylation sites (N-methyl/N-ethyl adjacent to an activating group) is 1. The molecule has 6 N–H and O–H groups in total. The minimum atomic E-state index is -1.00. The van der Waals surface area contributed by atoms with Crippen LogP contribution in [0.25, 0.3) is 10.9 Å². The highest BCUT2D eigenvalue weighted by Crippen LogP contribution is 2.25. The Morgan fingerprint density at radius 3 is 2.43 bits per heavy atom. The average molecular weight is 674 g/mol. The number of carbonyl (C=O) groups is 4. The van der Waals surface area contributed by atoms with Crippen LogP contribution in [0.2, 0.25) is 0 Å². The number of aromatic hydroxyl groups is 1. The third-order valence-corrected chi connectivity index (χ3v) is 9.22. The summed E-state index contributed by atoms with van der Waals surface area (Å²) in [7, 11) is 1.58. The Morgan fingerprint density at radius 1 is 0.959 bits per heavy atom. The van der Waals surface area contributed by atoms with Crippen molar-refractivity contribution >= 4 is 34.6 Å². The van der Waals surface area contributed by atoms with Crippen LogP contribution in [0.1, 0.15) is 82.9 Å². The second-order valence-electron chi connectivity index (χ2n) is 13.3. The number of benzene rings is 2. The number of H-pyrrole nitrogens is 1. The molecule has 1 aliphatic heterocycles. The second-order valence-corrected chi connectivity index (χ2v) is 13.3. The maximum absolute atomic E-state index is 14.4. The largest absolute Gasteiger partial charge is 0.508 e. The van der Waals surface area contributed by atoms with E-state index in [0.717, 1.165) is 22.0 Å². The molecule has 0 unspecified atom stereocenters.